The van der Waals surface area contributed by atoms with E-state index in [1.165, 1.54) is 11.3 Å². The fraction of sp³-hybridized carbons (Fsp3) is 0.158. The number of hydrogen-bond acceptors (Lipinski definition) is 5. The van der Waals surface area contributed by atoms with Crippen LogP contribution in [-0.4, -0.2) is 25.8 Å². The molecule has 0 aliphatic carbocycles. The van der Waals surface area contributed by atoms with Gasteiger partial charge in [0.25, 0.3) is 5.91 Å². The number of aromatic nitrogens is 4. The van der Waals surface area contributed by atoms with Crippen LogP contribution in [0.1, 0.15) is 25.9 Å². The first-order valence-corrected chi connectivity index (χ1v) is 9.48. The summed E-state index contributed by atoms with van der Waals surface area (Å²) >= 11 is 7.74. The first kappa shape index (κ1) is 17.6. The Hall–Kier alpha value is -2.77. The minimum Gasteiger partial charge on any atom is -0.337 e. The molecule has 8 heteroatoms. The lowest BCUT2D eigenvalue weighted by Gasteiger charge is -2.07. The fourth-order valence-electron chi connectivity index (χ4n) is 2.85. The molecule has 0 aliphatic heterocycles. The van der Waals surface area contributed by atoms with Gasteiger partial charge in [-0.05, 0) is 50.6 Å². The molecule has 27 heavy (non-hydrogen) atoms. The predicted molar refractivity (Wildman–Crippen MR) is 109 cm³/mol. The molecule has 0 bridgehead atoms. The Labute approximate surface area is 164 Å². The highest BCUT2D eigenvalue weighted by Crippen LogP contribution is 2.30. The van der Waals surface area contributed by atoms with Gasteiger partial charge in [-0.25, -0.2) is 15.0 Å². The molecule has 0 saturated carbocycles. The van der Waals surface area contributed by atoms with E-state index in [1.807, 2.05) is 26.8 Å². The molecule has 0 saturated heterocycles. The standard InChI is InChI=1S/C19H16ClN5OS/c1-9-6-15-18(21-8-9)25-17(24-15)13-7-12(4-5-14(13)20)23-19(26)16-10(2)22-11(3)27-16/h4-8H,1-3H3,(H,23,26)(H,21,24,25). The van der Waals surface area contributed by atoms with Crippen LogP contribution >= 0.6 is 22.9 Å². The number of carbonyl (C=O) groups is 1. The Bertz CT molecular complexity index is 1180. The van der Waals surface area contributed by atoms with Gasteiger partial charge < -0.3 is 10.3 Å². The third-order valence-corrected chi connectivity index (χ3v) is 5.46. The summed E-state index contributed by atoms with van der Waals surface area (Å²) in [6.45, 7) is 5.68. The number of benzene rings is 1. The number of hydrogen-bond donors (Lipinski definition) is 2. The van der Waals surface area contributed by atoms with Crippen molar-refractivity contribution in [2.45, 2.75) is 20.8 Å². The molecule has 136 valence electrons. The number of aryl methyl sites for hydroxylation is 3. The second-order valence-electron chi connectivity index (χ2n) is 6.27. The van der Waals surface area contributed by atoms with Crippen molar-refractivity contribution in [3.05, 3.63) is 56.6 Å². The maximum atomic E-state index is 12.6. The van der Waals surface area contributed by atoms with E-state index in [0.717, 1.165) is 21.8 Å². The van der Waals surface area contributed by atoms with Crippen LogP contribution in [0.2, 0.25) is 5.02 Å². The molecule has 0 atom stereocenters. The number of thiazole rings is 1. The van der Waals surface area contributed by atoms with Gasteiger partial charge in [-0.1, -0.05) is 11.6 Å². The number of rotatable bonds is 3. The van der Waals surface area contributed by atoms with Crippen LogP contribution in [0.25, 0.3) is 22.6 Å². The lowest BCUT2D eigenvalue weighted by molar-refractivity contribution is 0.103. The molecule has 4 aromatic rings. The topological polar surface area (TPSA) is 83.6 Å². The molecule has 0 radical (unpaired) electrons. The number of nitrogens with zero attached hydrogens (tertiary/aromatic N) is 3. The van der Waals surface area contributed by atoms with E-state index in [0.29, 0.717) is 32.6 Å². The van der Waals surface area contributed by atoms with Gasteiger partial charge in [0.15, 0.2) is 5.65 Å². The predicted octanol–water partition coefficient (Wildman–Crippen LogP) is 4.91. The van der Waals surface area contributed by atoms with Crippen molar-refractivity contribution in [1.82, 2.24) is 19.9 Å². The highest BCUT2D eigenvalue weighted by Gasteiger charge is 2.16. The summed E-state index contributed by atoms with van der Waals surface area (Å²) in [6.07, 6.45) is 1.77. The fourth-order valence-corrected chi connectivity index (χ4v) is 3.87. The molecule has 3 aromatic heterocycles. The summed E-state index contributed by atoms with van der Waals surface area (Å²) < 4.78 is 0. The Morgan fingerprint density at radius 3 is 2.74 bits per heavy atom. The van der Waals surface area contributed by atoms with Crippen molar-refractivity contribution in [3.63, 3.8) is 0 Å². The number of carbonyl (C=O) groups excluding carboxylic acids is 1. The van der Waals surface area contributed by atoms with Crippen molar-refractivity contribution in [1.29, 1.82) is 0 Å². The number of anilines is 1. The molecule has 0 aliphatic rings. The monoisotopic (exact) mass is 397 g/mol. The Morgan fingerprint density at radius 2 is 2.00 bits per heavy atom. The second kappa shape index (κ2) is 6.75. The number of aromatic amines is 1. The normalized spacial score (nSPS) is 11.1. The van der Waals surface area contributed by atoms with Crippen LogP contribution in [0.15, 0.2) is 30.5 Å². The van der Waals surface area contributed by atoms with Crippen LogP contribution in [0, 0.1) is 20.8 Å². The zero-order chi connectivity index (χ0) is 19.1. The van der Waals surface area contributed by atoms with Gasteiger partial charge in [-0.15, -0.1) is 11.3 Å². The largest absolute Gasteiger partial charge is 0.337 e. The highest BCUT2D eigenvalue weighted by atomic mass is 35.5. The molecular formula is C19H16ClN5OS. The maximum absolute atomic E-state index is 12.6. The second-order valence-corrected chi connectivity index (χ2v) is 7.88. The lowest BCUT2D eigenvalue weighted by atomic mass is 10.2. The quantitative estimate of drug-likeness (QED) is 0.514. The van der Waals surface area contributed by atoms with Gasteiger partial charge in [0.05, 0.1) is 21.2 Å². The minimum atomic E-state index is -0.187. The first-order chi connectivity index (χ1) is 12.9. The third kappa shape index (κ3) is 3.43. The van der Waals surface area contributed by atoms with E-state index in [4.69, 9.17) is 11.6 Å². The van der Waals surface area contributed by atoms with Crippen molar-refractivity contribution < 1.29 is 4.79 Å². The molecule has 4 rings (SSSR count). The van der Waals surface area contributed by atoms with Crippen LogP contribution in [0.3, 0.4) is 0 Å². The van der Waals surface area contributed by atoms with Crippen LogP contribution in [0.4, 0.5) is 5.69 Å². The number of amides is 1. The molecule has 3 heterocycles. The zero-order valence-electron chi connectivity index (χ0n) is 14.9. The summed E-state index contributed by atoms with van der Waals surface area (Å²) in [5, 5.41) is 4.30. The summed E-state index contributed by atoms with van der Waals surface area (Å²) in [5.41, 5.74) is 4.56. The Morgan fingerprint density at radius 1 is 1.19 bits per heavy atom. The molecule has 0 fully saturated rings. The summed E-state index contributed by atoms with van der Waals surface area (Å²) in [7, 11) is 0. The summed E-state index contributed by atoms with van der Waals surface area (Å²) in [5.74, 6) is 0.419. The average Bonchev–Trinajstić information content (AvgIpc) is 3.18. The van der Waals surface area contributed by atoms with E-state index in [-0.39, 0.29) is 5.91 Å². The molecule has 2 N–H and O–H groups in total. The van der Waals surface area contributed by atoms with E-state index >= 15 is 0 Å². The highest BCUT2D eigenvalue weighted by molar-refractivity contribution is 7.13. The van der Waals surface area contributed by atoms with Crippen molar-refractivity contribution in [2.24, 2.45) is 0 Å². The summed E-state index contributed by atoms with van der Waals surface area (Å²) in [4.78, 5) is 29.5. The van der Waals surface area contributed by atoms with Crippen molar-refractivity contribution in [3.8, 4) is 11.4 Å². The number of halogens is 1. The smallest absolute Gasteiger partial charge is 0.267 e. The van der Waals surface area contributed by atoms with Crippen molar-refractivity contribution >= 4 is 45.7 Å². The average molecular weight is 398 g/mol. The number of fused-ring (bicyclic) bond motifs is 1. The first-order valence-electron chi connectivity index (χ1n) is 8.28. The number of imidazole rings is 1. The third-order valence-electron chi connectivity index (χ3n) is 4.06. The SMILES string of the molecule is Cc1cnc2nc(-c3cc(NC(=O)c4sc(C)nc4C)ccc3Cl)[nH]c2c1. The molecule has 0 spiro atoms. The van der Waals surface area contributed by atoms with E-state index in [1.54, 1.807) is 24.4 Å². The molecular weight excluding hydrogens is 382 g/mol. The van der Waals surface area contributed by atoms with Gasteiger partial charge in [-0.3, -0.25) is 4.79 Å². The van der Waals surface area contributed by atoms with Gasteiger partial charge in [-0.2, -0.15) is 0 Å². The Balaban J connectivity index is 1.68. The van der Waals surface area contributed by atoms with Crippen LogP contribution < -0.4 is 5.32 Å². The molecule has 6 nitrogen and oxygen atoms in total. The number of pyridine rings is 1. The van der Waals surface area contributed by atoms with Gasteiger partial charge in [0.2, 0.25) is 0 Å². The molecule has 1 aromatic carbocycles. The van der Waals surface area contributed by atoms with Gasteiger partial charge >= 0.3 is 0 Å². The van der Waals surface area contributed by atoms with Gasteiger partial charge in [0, 0.05) is 17.4 Å². The number of H-pyrrole nitrogens is 1. The van der Waals surface area contributed by atoms with E-state index in [2.05, 4.69) is 25.3 Å². The lowest BCUT2D eigenvalue weighted by Crippen LogP contribution is -2.11. The molecule has 0 unspecified atom stereocenters. The molecule has 1 amide bonds. The zero-order valence-corrected chi connectivity index (χ0v) is 16.5. The maximum Gasteiger partial charge on any atom is 0.267 e. The van der Waals surface area contributed by atoms with E-state index < -0.39 is 0 Å². The number of nitrogens with one attached hydrogen (secondary N) is 2. The minimum absolute atomic E-state index is 0.187. The van der Waals surface area contributed by atoms with Crippen molar-refractivity contribution in [2.75, 3.05) is 5.32 Å². The summed E-state index contributed by atoms with van der Waals surface area (Å²) in [6, 6.07) is 7.28. The van der Waals surface area contributed by atoms with E-state index in [9.17, 15) is 4.79 Å². The van der Waals surface area contributed by atoms with Crippen LogP contribution in [0.5, 0.6) is 0 Å². The van der Waals surface area contributed by atoms with Gasteiger partial charge in [0.1, 0.15) is 10.7 Å². The van der Waals surface area contributed by atoms with Crippen LogP contribution in [-0.2, 0) is 0 Å². The Kier molecular flexibility index (Phi) is 4.41.